The van der Waals surface area contributed by atoms with Gasteiger partial charge in [-0.1, -0.05) is 24.3 Å². The Kier molecular flexibility index (Phi) is 10.6. The summed E-state index contributed by atoms with van der Waals surface area (Å²) in [5.74, 6) is -0.111. The van der Waals surface area contributed by atoms with E-state index in [1.54, 1.807) is 37.4 Å². The number of anilines is 1. The lowest BCUT2D eigenvalue weighted by atomic mass is 10.1. The smallest absolute Gasteiger partial charge is 0.422 e. The predicted octanol–water partition coefficient (Wildman–Crippen LogP) is 5.03. The summed E-state index contributed by atoms with van der Waals surface area (Å²) in [5.41, 5.74) is 7.57. The summed E-state index contributed by atoms with van der Waals surface area (Å²) < 4.78 is 53.4. The topological polar surface area (TPSA) is 120 Å². The monoisotopic (exact) mass is 631 g/mol. The Morgan fingerprint density at radius 1 is 1.02 bits per heavy atom. The molecule has 3 aromatic rings. The Hall–Kier alpha value is -4.39. The van der Waals surface area contributed by atoms with Gasteiger partial charge in [-0.25, -0.2) is 0 Å². The molecule has 3 aromatic carbocycles. The molecular weight excluding hydrogens is 599 g/mol. The van der Waals surface area contributed by atoms with E-state index < -0.39 is 29.3 Å². The second-order valence-electron chi connectivity index (χ2n) is 9.80. The van der Waals surface area contributed by atoms with Gasteiger partial charge in [-0.05, 0) is 66.9 Å². The van der Waals surface area contributed by atoms with Crippen molar-refractivity contribution < 1.29 is 41.8 Å². The number of halogens is 3. The van der Waals surface area contributed by atoms with Gasteiger partial charge in [0.2, 0.25) is 17.7 Å². The first-order chi connectivity index (χ1) is 21.0. The number of nitrogens with one attached hydrogen (secondary N) is 1. The van der Waals surface area contributed by atoms with Crippen molar-refractivity contribution >= 4 is 35.2 Å². The number of nitrogens with zero attached hydrogens (tertiary/aromatic N) is 1. The van der Waals surface area contributed by atoms with Crippen molar-refractivity contribution in [3.8, 4) is 17.2 Å². The molecule has 0 saturated carbocycles. The van der Waals surface area contributed by atoms with Crippen LogP contribution in [0.5, 0.6) is 17.2 Å². The van der Waals surface area contributed by atoms with E-state index in [-0.39, 0.29) is 29.5 Å². The molecule has 0 radical (unpaired) electrons. The fraction of sp³-hybridized carbons (Fsp3) is 0.323. The normalized spacial score (nSPS) is 16.5. The maximum absolute atomic E-state index is 13.7. The van der Waals surface area contributed by atoms with Gasteiger partial charge in [0.1, 0.15) is 11.1 Å². The highest BCUT2D eigenvalue weighted by Crippen LogP contribution is 2.47. The number of nitrogens with two attached hydrogens (primary N) is 1. The predicted molar refractivity (Wildman–Crippen MR) is 160 cm³/mol. The lowest BCUT2D eigenvalue weighted by molar-refractivity contribution is -0.153. The van der Waals surface area contributed by atoms with Crippen LogP contribution in [0.3, 0.4) is 0 Å². The molecule has 13 heteroatoms. The van der Waals surface area contributed by atoms with Gasteiger partial charge >= 0.3 is 6.18 Å². The van der Waals surface area contributed by atoms with Crippen LogP contribution in [0.25, 0.3) is 0 Å². The second-order valence-corrected chi connectivity index (χ2v) is 11.1. The van der Waals surface area contributed by atoms with Crippen LogP contribution in [0.4, 0.5) is 18.9 Å². The highest BCUT2D eigenvalue weighted by Gasteiger charge is 2.43. The fourth-order valence-electron chi connectivity index (χ4n) is 4.61. The first-order valence-corrected chi connectivity index (χ1v) is 14.7. The molecule has 1 fully saturated rings. The maximum atomic E-state index is 13.7. The van der Waals surface area contributed by atoms with E-state index in [2.05, 4.69) is 5.32 Å². The number of primary amides is 1. The Bertz CT molecular complexity index is 1490. The third-order valence-corrected chi connectivity index (χ3v) is 8.09. The van der Waals surface area contributed by atoms with E-state index in [0.717, 1.165) is 5.56 Å². The fourth-order valence-corrected chi connectivity index (χ4v) is 6.06. The minimum absolute atomic E-state index is 0.0174. The summed E-state index contributed by atoms with van der Waals surface area (Å²) in [4.78, 5) is 39.9. The summed E-state index contributed by atoms with van der Waals surface area (Å²) >= 11 is 1.23. The molecule has 3 N–H and O–H groups in total. The third kappa shape index (κ3) is 8.37. The molecule has 0 spiro atoms. The molecule has 234 valence electrons. The van der Waals surface area contributed by atoms with Gasteiger partial charge in [0, 0.05) is 24.2 Å². The Balaban J connectivity index is 1.47. The standard InChI is InChI=1S/C31H32F3N3O6S/c1-3-42-25-15-19(7-12-24(25)41-2)13-14-36-27(38)17-26-29(40)37(22-6-4-5-21(16-22)28(35)39)30(44-26)20-8-10-23(11-9-20)43-18-31(32,33)34/h4-12,15-16,26,30H,3,13-14,17-18H2,1-2H3,(H2,35,39)(H,36,38)/t26-,30+/m1/s1. The van der Waals surface area contributed by atoms with Crippen molar-refractivity contribution in [3.63, 3.8) is 0 Å². The van der Waals surface area contributed by atoms with E-state index in [0.29, 0.717) is 42.3 Å². The highest BCUT2D eigenvalue weighted by atomic mass is 32.2. The number of methoxy groups -OCH3 is 1. The quantitative estimate of drug-likeness (QED) is 0.272. The molecule has 0 unspecified atom stereocenters. The lowest BCUT2D eigenvalue weighted by Crippen LogP contribution is -2.34. The van der Waals surface area contributed by atoms with Crippen LogP contribution in [-0.4, -0.2) is 56.0 Å². The van der Waals surface area contributed by atoms with Crippen LogP contribution < -0.4 is 30.2 Å². The van der Waals surface area contributed by atoms with E-state index in [4.69, 9.17) is 19.9 Å². The van der Waals surface area contributed by atoms with Crippen molar-refractivity contribution in [2.45, 2.75) is 36.6 Å². The zero-order valence-corrected chi connectivity index (χ0v) is 24.9. The van der Waals surface area contributed by atoms with Gasteiger partial charge in [0.05, 0.1) is 19.0 Å². The molecule has 1 saturated heterocycles. The van der Waals surface area contributed by atoms with Crippen molar-refractivity contribution in [1.82, 2.24) is 5.32 Å². The summed E-state index contributed by atoms with van der Waals surface area (Å²) in [7, 11) is 1.56. The first kappa shape index (κ1) is 32.5. The van der Waals surface area contributed by atoms with Crippen LogP contribution in [-0.2, 0) is 16.0 Å². The SMILES string of the molecule is CCOc1cc(CCNC(=O)C[C@H]2S[C@@H](c3ccc(OCC(F)(F)F)cc3)N(c3cccc(C(N)=O)c3)C2=O)ccc1OC. The molecule has 2 atom stereocenters. The number of rotatable bonds is 13. The summed E-state index contributed by atoms with van der Waals surface area (Å²) in [6.07, 6.45) is -4.06. The van der Waals surface area contributed by atoms with Gasteiger partial charge in [-0.3, -0.25) is 19.3 Å². The van der Waals surface area contributed by atoms with Crippen LogP contribution in [0.2, 0.25) is 0 Å². The Morgan fingerprint density at radius 3 is 2.43 bits per heavy atom. The molecule has 44 heavy (non-hydrogen) atoms. The molecule has 3 amide bonds. The van der Waals surface area contributed by atoms with E-state index in [9.17, 15) is 27.6 Å². The van der Waals surface area contributed by atoms with Crippen molar-refractivity contribution in [2.75, 3.05) is 31.8 Å². The van der Waals surface area contributed by atoms with Crippen molar-refractivity contribution in [3.05, 3.63) is 83.4 Å². The molecule has 0 aliphatic carbocycles. The number of hydrogen-bond donors (Lipinski definition) is 2. The summed E-state index contributed by atoms with van der Waals surface area (Å²) in [6, 6.07) is 17.7. The number of carbonyl (C=O) groups excluding carboxylic acids is 3. The van der Waals surface area contributed by atoms with E-state index in [1.807, 2.05) is 19.1 Å². The van der Waals surface area contributed by atoms with E-state index >= 15 is 0 Å². The number of amides is 3. The lowest BCUT2D eigenvalue weighted by Gasteiger charge is -2.25. The van der Waals surface area contributed by atoms with Crippen LogP contribution >= 0.6 is 11.8 Å². The number of carbonyl (C=O) groups is 3. The third-order valence-electron chi connectivity index (χ3n) is 6.65. The van der Waals surface area contributed by atoms with Crippen molar-refractivity contribution in [1.29, 1.82) is 0 Å². The Morgan fingerprint density at radius 2 is 1.77 bits per heavy atom. The average Bonchev–Trinajstić information content (AvgIpc) is 3.31. The number of ether oxygens (including phenoxy) is 3. The molecule has 9 nitrogen and oxygen atoms in total. The van der Waals surface area contributed by atoms with Gasteiger partial charge in [0.25, 0.3) is 0 Å². The molecule has 1 heterocycles. The van der Waals surface area contributed by atoms with Crippen LogP contribution in [0.15, 0.2) is 66.7 Å². The largest absolute Gasteiger partial charge is 0.493 e. The molecular formula is C31H32F3N3O6S. The summed E-state index contributed by atoms with van der Waals surface area (Å²) in [6.45, 7) is 1.25. The van der Waals surface area contributed by atoms with Crippen LogP contribution in [0, 0.1) is 0 Å². The van der Waals surface area contributed by atoms with Gasteiger partial charge < -0.3 is 25.3 Å². The highest BCUT2D eigenvalue weighted by molar-refractivity contribution is 8.01. The zero-order valence-electron chi connectivity index (χ0n) is 24.1. The zero-order chi connectivity index (χ0) is 31.9. The molecule has 0 bridgehead atoms. The molecule has 4 rings (SSSR count). The van der Waals surface area contributed by atoms with Gasteiger partial charge in [0.15, 0.2) is 18.1 Å². The summed E-state index contributed by atoms with van der Waals surface area (Å²) in [5, 5.41) is 1.47. The number of benzene rings is 3. The minimum atomic E-state index is -4.48. The van der Waals surface area contributed by atoms with E-state index in [1.165, 1.54) is 40.9 Å². The molecule has 1 aliphatic heterocycles. The molecule has 0 aromatic heterocycles. The average molecular weight is 632 g/mol. The Labute approximate surface area is 256 Å². The first-order valence-electron chi connectivity index (χ1n) is 13.7. The number of hydrogen-bond acceptors (Lipinski definition) is 7. The second kappa shape index (κ2) is 14.4. The minimum Gasteiger partial charge on any atom is -0.493 e. The van der Waals surface area contributed by atoms with Crippen molar-refractivity contribution in [2.24, 2.45) is 5.73 Å². The van der Waals surface area contributed by atoms with Gasteiger partial charge in [-0.15, -0.1) is 11.8 Å². The van der Waals surface area contributed by atoms with Gasteiger partial charge in [-0.2, -0.15) is 13.2 Å². The van der Waals surface area contributed by atoms with Crippen LogP contribution in [0.1, 0.15) is 40.2 Å². The number of alkyl halides is 3. The molecule has 1 aliphatic rings. The number of thioether (sulfide) groups is 1. The maximum Gasteiger partial charge on any atom is 0.422 e.